The van der Waals surface area contributed by atoms with Gasteiger partial charge < -0.3 is 15.3 Å². The molecule has 2 heterocycles. The summed E-state index contributed by atoms with van der Waals surface area (Å²) in [5, 5.41) is 13.0. The van der Waals surface area contributed by atoms with E-state index in [1.54, 1.807) is 0 Å². The largest absolute Gasteiger partial charge is 0.416 e. The third-order valence-electron chi connectivity index (χ3n) is 5.13. The van der Waals surface area contributed by atoms with Crippen molar-refractivity contribution in [3.05, 3.63) is 34.3 Å². The van der Waals surface area contributed by atoms with E-state index in [-0.39, 0.29) is 36.0 Å². The summed E-state index contributed by atoms with van der Waals surface area (Å²) in [5.74, 6) is -1.00. The summed E-state index contributed by atoms with van der Waals surface area (Å²) >= 11 is 5.95. The predicted octanol–water partition coefficient (Wildman–Crippen LogP) is 2.46. The third-order valence-corrected chi connectivity index (χ3v) is 5.46. The average molecular weight is 391 g/mol. The zero-order valence-corrected chi connectivity index (χ0v) is 14.5. The number of piperidine rings is 2. The number of likely N-dealkylation sites (tertiary alicyclic amines) is 1. The van der Waals surface area contributed by atoms with E-state index in [1.807, 2.05) is 0 Å². The molecule has 142 valence electrons. The summed E-state index contributed by atoms with van der Waals surface area (Å²) < 4.78 is 38.8. The maximum atomic E-state index is 12.9. The van der Waals surface area contributed by atoms with Crippen LogP contribution < -0.4 is 5.32 Å². The summed E-state index contributed by atoms with van der Waals surface area (Å²) in [6, 6.07) is 2.58. The lowest BCUT2D eigenvalue weighted by atomic mass is 9.71. The van der Waals surface area contributed by atoms with Gasteiger partial charge in [-0.3, -0.25) is 9.59 Å². The molecule has 1 aromatic rings. The zero-order chi connectivity index (χ0) is 19.1. The highest BCUT2D eigenvalue weighted by Crippen LogP contribution is 2.38. The van der Waals surface area contributed by atoms with Gasteiger partial charge in [0.2, 0.25) is 5.91 Å². The van der Waals surface area contributed by atoms with Crippen LogP contribution in [0.3, 0.4) is 0 Å². The van der Waals surface area contributed by atoms with E-state index in [2.05, 4.69) is 5.32 Å². The second kappa shape index (κ2) is 6.74. The van der Waals surface area contributed by atoms with Gasteiger partial charge in [0.05, 0.1) is 27.7 Å². The van der Waals surface area contributed by atoms with E-state index < -0.39 is 29.2 Å². The minimum absolute atomic E-state index is 0.0502. The molecule has 0 aliphatic carbocycles. The highest BCUT2D eigenvalue weighted by atomic mass is 35.5. The molecular weight excluding hydrogens is 373 g/mol. The Kier molecular flexibility index (Phi) is 4.92. The van der Waals surface area contributed by atoms with Gasteiger partial charge in [-0.25, -0.2) is 0 Å². The van der Waals surface area contributed by atoms with Gasteiger partial charge in [0.1, 0.15) is 0 Å². The number of alkyl halides is 3. The third kappa shape index (κ3) is 3.27. The van der Waals surface area contributed by atoms with Crippen LogP contribution in [0.25, 0.3) is 0 Å². The highest BCUT2D eigenvalue weighted by molar-refractivity contribution is 6.33. The Hall–Kier alpha value is -1.80. The summed E-state index contributed by atoms with van der Waals surface area (Å²) in [7, 11) is 0. The summed E-state index contributed by atoms with van der Waals surface area (Å²) in [4.78, 5) is 26.5. The number of nitrogens with zero attached hydrogens (tertiary/aromatic N) is 1. The Morgan fingerprint density at radius 3 is 2.77 bits per heavy atom. The molecule has 9 heteroatoms. The molecule has 26 heavy (non-hydrogen) atoms. The van der Waals surface area contributed by atoms with Gasteiger partial charge in [-0.05, 0) is 37.5 Å². The van der Waals surface area contributed by atoms with Gasteiger partial charge in [-0.15, -0.1) is 0 Å². The van der Waals surface area contributed by atoms with E-state index in [4.69, 9.17) is 11.6 Å². The van der Waals surface area contributed by atoms with Gasteiger partial charge in [0.25, 0.3) is 5.91 Å². The van der Waals surface area contributed by atoms with Gasteiger partial charge >= 0.3 is 6.18 Å². The van der Waals surface area contributed by atoms with Gasteiger partial charge in [0, 0.05) is 19.6 Å². The Morgan fingerprint density at radius 2 is 2.12 bits per heavy atom. The molecule has 0 radical (unpaired) electrons. The minimum Gasteiger partial charge on any atom is -0.392 e. The molecule has 2 N–H and O–H groups in total. The van der Waals surface area contributed by atoms with Crippen LogP contribution in [0.5, 0.6) is 0 Å². The van der Waals surface area contributed by atoms with Crippen molar-refractivity contribution in [3.8, 4) is 0 Å². The molecule has 3 rings (SSSR count). The second-order valence-electron chi connectivity index (χ2n) is 6.74. The molecule has 2 aliphatic rings. The van der Waals surface area contributed by atoms with Crippen molar-refractivity contribution < 1.29 is 27.9 Å². The van der Waals surface area contributed by atoms with Crippen LogP contribution in [0.1, 0.15) is 35.2 Å². The van der Waals surface area contributed by atoms with Crippen molar-refractivity contribution in [2.75, 3.05) is 19.6 Å². The molecule has 2 fully saturated rings. The van der Waals surface area contributed by atoms with Crippen LogP contribution in [-0.2, 0) is 11.0 Å². The molecule has 0 unspecified atom stereocenters. The van der Waals surface area contributed by atoms with Crippen LogP contribution in [0.4, 0.5) is 13.2 Å². The molecule has 2 saturated heterocycles. The van der Waals surface area contributed by atoms with Crippen LogP contribution >= 0.6 is 11.6 Å². The van der Waals surface area contributed by atoms with Crippen LogP contribution in [0.15, 0.2) is 18.2 Å². The first-order valence-corrected chi connectivity index (χ1v) is 8.65. The lowest BCUT2D eigenvalue weighted by Gasteiger charge is -2.46. The summed E-state index contributed by atoms with van der Waals surface area (Å²) in [6.07, 6.45) is -4.24. The molecule has 0 saturated carbocycles. The van der Waals surface area contributed by atoms with E-state index in [0.29, 0.717) is 19.4 Å². The van der Waals surface area contributed by atoms with Crippen LogP contribution in [0.2, 0.25) is 5.02 Å². The fourth-order valence-electron chi connectivity index (χ4n) is 3.65. The topological polar surface area (TPSA) is 69.6 Å². The summed E-state index contributed by atoms with van der Waals surface area (Å²) in [5.41, 5.74) is -2.35. The van der Waals surface area contributed by atoms with E-state index in [9.17, 15) is 27.9 Å². The number of nitrogens with one attached hydrogen (secondary N) is 1. The maximum Gasteiger partial charge on any atom is 0.416 e. The first-order valence-electron chi connectivity index (χ1n) is 8.27. The zero-order valence-electron chi connectivity index (χ0n) is 13.8. The number of halogens is 4. The van der Waals surface area contributed by atoms with Gasteiger partial charge in [0.15, 0.2) is 0 Å². The second-order valence-corrected chi connectivity index (χ2v) is 7.15. The van der Waals surface area contributed by atoms with E-state index in [0.717, 1.165) is 18.2 Å². The summed E-state index contributed by atoms with van der Waals surface area (Å²) in [6.45, 7) is 0.591. The maximum absolute atomic E-state index is 12.9. The quantitative estimate of drug-likeness (QED) is 0.774. The molecule has 0 bridgehead atoms. The number of aliphatic hydroxyl groups excluding tert-OH is 1. The number of amides is 2. The molecule has 1 spiro atoms. The first-order chi connectivity index (χ1) is 12.1. The number of carbonyl (C=O) groups excluding carboxylic acids is 2. The van der Waals surface area contributed by atoms with Gasteiger partial charge in [-0.2, -0.15) is 13.2 Å². The van der Waals surface area contributed by atoms with Crippen molar-refractivity contribution >= 4 is 23.4 Å². The lowest BCUT2D eigenvalue weighted by molar-refractivity contribution is -0.147. The molecule has 0 aromatic heterocycles. The van der Waals surface area contributed by atoms with Crippen molar-refractivity contribution in [1.29, 1.82) is 0 Å². The molecular formula is C17H18ClF3N2O3. The number of carbonyl (C=O) groups is 2. The lowest BCUT2D eigenvalue weighted by Crippen LogP contribution is -2.62. The van der Waals surface area contributed by atoms with Crippen molar-refractivity contribution in [2.45, 2.75) is 31.5 Å². The molecule has 5 nitrogen and oxygen atoms in total. The molecule has 2 atom stereocenters. The molecule has 1 aromatic carbocycles. The van der Waals surface area contributed by atoms with Gasteiger partial charge in [-0.1, -0.05) is 11.6 Å². The predicted molar refractivity (Wildman–Crippen MR) is 87.7 cm³/mol. The number of rotatable bonds is 1. The minimum atomic E-state index is -4.60. The SMILES string of the molecule is O=C(c1cc(C(F)(F)F)ccc1Cl)N1CC[C@H](O)[C@@]2(CCCNC2=O)C1. The van der Waals surface area contributed by atoms with Crippen molar-refractivity contribution in [1.82, 2.24) is 10.2 Å². The monoisotopic (exact) mass is 390 g/mol. The normalized spacial score (nSPS) is 26.7. The number of aliphatic hydroxyl groups is 1. The average Bonchev–Trinajstić information content (AvgIpc) is 2.58. The Balaban J connectivity index is 1.90. The molecule has 2 amide bonds. The molecule has 2 aliphatic heterocycles. The fraction of sp³-hybridized carbons (Fsp3) is 0.529. The van der Waals surface area contributed by atoms with Crippen molar-refractivity contribution in [3.63, 3.8) is 0 Å². The highest BCUT2D eigenvalue weighted by Gasteiger charge is 2.50. The fourth-order valence-corrected chi connectivity index (χ4v) is 3.85. The Labute approximate surface area is 153 Å². The van der Waals surface area contributed by atoms with Crippen LogP contribution in [-0.4, -0.2) is 47.6 Å². The Morgan fingerprint density at radius 1 is 1.38 bits per heavy atom. The van der Waals surface area contributed by atoms with Crippen LogP contribution in [0, 0.1) is 5.41 Å². The number of hydrogen-bond donors (Lipinski definition) is 2. The first kappa shape index (κ1) is 19.0. The number of benzene rings is 1. The smallest absolute Gasteiger partial charge is 0.392 e. The Bertz CT molecular complexity index is 740. The van der Waals surface area contributed by atoms with E-state index >= 15 is 0 Å². The number of hydrogen-bond acceptors (Lipinski definition) is 3. The van der Waals surface area contributed by atoms with E-state index in [1.165, 1.54) is 4.90 Å². The van der Waals surface area contributed by atoms with Crippen molar-refractivity contribution in [2.24, 2.45) is 5.41 Å². The standard InChI is InChI=1S/C17H18ClF3N2O3/c18-12-3-2-10(17(19,20)21)8-11(12)14(25)23-7-4-13(24)16(9-23)5-1-6-22-15(16)26/h2-3,8,13,24H,1,4-7,9H2,(H,22,26)/t13-,16+/m0/s1.